The molecule has 3 heterocycles. The van der Waals surface area contributed by atoms with E-state index >= 15 is 0 Å². The van der Waals surface area contributed by atoms with Crippen molar-refractivity contribution in [2.45, 2.75) is 6.42 Å². The molecular weight excluding hydrogens is 304 g/mol. The Balaban J connectivity index is 1.76. The van der Waals surface area contributed by atoms with Crippen molar-refractivity contribution in [2.75, 3.05) is 31.1 Å². The summed E-state index contributed by atoms with van der Waals surface area (Å²) in [5.41, 5.74) is 1.50. The molecule has 2 saturated heterocycles. The average molecular weight is 319 g/mol. The molecule has 19 heavy (non-hydrogen) atoms. The Hall–Kier alpha value is -1.20. The molecule has 0 unspecified atom stereocenters. The molecule has 4 nitrogen and oxygen atoms in total. The first kappa shape index (κ1) is 11.6. The highest BCUT2D eigenvalue weighted by atomic mass is 79.9. The monoisotopic (exact) mass is 318 g/mol. The molecule has 0 bridgehead atoms. The number of anilines is 1. The van der Waals surface area contributed by atoms with Crippen molar-refractivity contribution in [3.63, 3.8) is 0 Å². The van der Waals surface area contributed by atoms with Crippen LogP contribution in [0.2, 0.25) is 0 Å². The molecule has 0 atom stereocenters. The Morgan fingerprint density at radius 3 is 2.89 bits per heavy atom. The number of fused-ring (bicyclic) bond motifs is 1. The van der Waals surface area contributed by atoms with E-state index in [1.807, 2.05) is 12.1 Å². The molecule has 0 radical (unpaired) electrons. The molecule has 1 spiro atoms. The van der Waals surface area contributed by atoms with Crippen molar-refractivity contribution in [1.82, 2.24) is 15.3 Å². The van der Waals surface area contributed by atoms with E-state index in [0.717, 1.165) is 47.4 Å². The Bertz CT molecular complexity index is 638. The van der Waals surface area contributed by atoms with Gasteiger partial charge in [0.05, 0.1) is 5.52 Å². The van der Waals surface area contributed by atoms with Crippen LogP contribution in [0, 0.1) is 5.41 Å². The van der Waals surface area contributed by atoms with Crippen LogP contribution >= 0.6 is 15.9 Å². The lowest BCUT2D eigenvalue weighted by atomic mass is 9.81. The van der Waals surface area contributed by atoms with Crippen molar-refractivity contribution < 1.29 is 0 Å². The summed E-state index contributed by atoms with van der Waals surface area (Å²) in [6.07, 6.45) is 2.94. The minimum absolute atomic E-state index is 0.489. The second kappa shape index (κ2) is 4.15. The maximum atomic E-state index is 4.53. The van der Waals surface area contributed by atoms with E-state index in [2.05, 4.69) is 42.2 Å². The van der Waals surface area contributed by atoms with Crippen LogP contribution < -0.4 is 10.2 Å². The van der Waals surface area contributed by atoms with Crippen molar-refractivity contribution in [3.05, 3.63) is 29.0 Å². The van der Waals surface area contributed by atoms with Gasteiger partial charge in [-0.2, -0.15) is 0 Å². The molecular formula is C14H15BrN4. The maximum Gasteiger partial charge on any atom is 0.139 e. The van der Waals surface area contributed by atoms with Crippen LogP contribution in [0.3, 0.4) is 0 Å². The molecule has 0 amide bonds. The Morgan fingerprint density at radius 2 is 2.16 bits per heavy atom. The Morgan fingerprint density at radius 1 is 1.26 bits per heavy atom. The summed E-state index contributed by atoms with van der Waals surface area (Å²) >= 11 is 3.54. The van der Waals surface area contributed by atoms with E-state index in [9.17, 15) is 0 Å². The van der Waals surface area contributed by atoms with Crippen molar-refractivity contribution in [1.29, 1.82) is 0 Å². The SMILES string of the molecule is Brc1ccc2ncnc(N3CCC4(CNC4)C3)c2c1. The average Bonchev–Trinajstić information content (AvgIpc) is 2.83. The number of benzene rings is 1. The number of nitrogens with zero attached hydrogens (tertiary/aromatic N) is 3. The molecule has 0 aliphatic carbocycles. The summed E-state index contributed by atoms with van der Waals surface area (Å²) in [7, 11) is 0. The zero-order valence-electron chi connectivity index (χ0n) is 10.6. The van der Waals surface area contributed by atoms with Gasteiger partial charge in [-0.3, -0.25) is 0 Å². The number of halogens is 1. The van der Waals surface area contributed by atoms with Crippen molar-refractivity contribution in [2.24, 2.45) is 5.41 Å². The van der Waals surface area contributed by atoms with E-state index in [-0.39, 0.29) is 0 Å². The minimum Gasteiger partial charge on any atom is -0.355 e. The third-order valence-corrected chi connectivity index (χ3v) is 4.81. The van der Waals surface area contributed by atoms with Gasteiger partial charge in [-0.25, -0.2) is 9.97 Å². The van der Waals surface area contributed by atoms with Crippen LogP contribution in [0.5, 0.6) is 0 Å². The highest BCUT2D eigenvalue weighted by Gasteiger charge is 2.43. The van der Waals surface area contributed by atoms with Crippen LogP contribution in [0.1, 0.15) is 6.42 Å². The van der Waals surface area contributed by atoms with Crippen LogP contribution in [0.25, 0.3) is 10.9 Å². The van der Waals surface area contributed by atoms with Gasteiger partial charge in [-0.1, -0.05) is 15.9 Å². The van der Waals surface area contributed by atoms with Crippen LogP contribution in [-0.4, -0.2) is 36.1 Å². The quantitative estimate of drug-likeness (QED) is 0.875. The second-order valence-corrected chi connectivity index (χ2v) is 6.55. The molecule has 98 valence electrons. The summed E-state index contributed by atoms with van der Waals surface area (Å²) in [5.74, 6) is 1.08. The van der Waals surface area contributed by atoms with Gasteiger partial charge < -0.3 is 10.2 Å². The lowest BCUT2D eigenvalue weighted by Gasteiger charge is -2.39. The van der Waals surface area contributed by atoms with Crippen molar-refractivity contribution in [3.8, 4) is 0 Å². The summed E-state index contributed by atoms with van der Waals surface area (Å²) in [6.45, 7) is 4.51. The number of aromatic nitrogens is 2. The van der Waals surface area contributed by atoms with E-state index in [0.29, 0.717) is 5.41 Å². The van der Waals surface area contributed by atoms with Gasteiger partial charge in [-0.15, -0.1) is 0 Å². The summed E-state index contributed by atoms with van der Waals surface area (Å²) in [4.78, 5) is 11.3. The zero-order chi connectivity index (χ0) is 12.9. The minimum atomic E-state index is 0.489. The van der Waals surface area contributed by atoms with E-state index in [1.165, 1.54) is 6.42 Å². The molecule has 0 saturated carbocycles. The summed E-state index contributed by atoms with van der Waals surface area (Å²) in [6, 6.07) is 6.19. The fourth-order valence-corrected chi connectivity index (χ4v) is 3.51. The number of nitrogens with one attached hydrogen (secondary N) is 1. The van der Waals surface area contributed by atoms with Gasteiger partial charge >= 0.3 is 0 Å². The Kier molecular flexibility index (Phi) is 2.53. The normalized spacial score (nSPS) is 21.0. The topological polar surface area (TPSA) is 41.1 Å². The van der Waals surface area contributed by atoms with Crippen LogP contribution in [0.4, 0.5) is 5.82 Å². The molecule has 2 aliphatic heterocycles. The molecule has 2 fully saturated rings. The molecule has 1 aromatic carbocycles. The first-order valence-corrected chi connectivity index (χ1v) is 7.41. The van der Waals surface area contributed by atoms with Gasteiger partial charge in [0.25, 0.3) is 0 Å². The van der Waals surface area contributed by atoms with Gasteiger partial charge in [0, 0.05) is 41.5 Å². The van der Waals surface area contributed by atoms with Gasteiger partial charge in [0.1, 0.15) is 12.1 Å². The van der Waals surface area contributed by atoms with Crippen LogP contribution in [-0.2, 0) is 0 Å². The number of hydrogen-bond donors (Lipinski definition) is 1. The fraction of sp³-hybridized carbons (Fsp3) is 0.429. The molecule has 1 N–H and O–H groups in total. The lowest BCUT2D eigenvalue weighted by molar-refractivity contribution is 0.199. The van der Waals surface area contributed by atoms with Gasteiger partial charge in [-0.05, 0) is 24.6 Å². The zero-order valence-corrected chi connectivity index (χ0v) is 12.2. The smallest absolute Gasteiger partial charge is 0.139 e. The fourth-order valence-electron chi connectivity index (χ4n) is 3.15. The standard InChI is InChI=1S/C14H15BrN4/c15-10-1-2-12-11(5-10)13(18-9-17-12)19-4-3-14(8-19)6-16-7-14/h1-2,5,9,16H,3-4,6-8H2. The predicted molar refractivity (Wildman–Crippen MR) is 79.4 cm³/mol. The second-order valence-electron chi connectivity index (χ2n) is 5.63. The number of rotatable bonds is 1. The highest BCUT2D eigenvalue weighted by Crippen LogP contribution is 2.37. The third-order valence-electron chi connectivity index (χ3n) is 4.31. The van der Waals surface area contributed by atoms with Gasteiger partial charge in [0.2, 0.25) is 0 Å². The Labute approximate surface area is 120 Å². The lowest BCUT2D eigenvalue weighted by Crippen LogP contribution is -2.54. The predicted octanol–water partition coefficient (Wildman–Crippen LogP) is 2.19. The molecule has 2 aromatic rings. The van der Waals surface area contributed by atoms with Crippen molar-refractivity contribution >= 4 is 32.7 Å². The maximum absolute atomic E-state index is 4.53. The van der Waals surface area contributed by atoms with E-state index < -0.39 is 0 Å². The summed E-state index contributed by atoms with van der Waals surface area (Å²) < 4.78 is 1.08. The first-order valence-electron chi connectivity index (χ1n) is 6.62. The number of hydrogen-bond acceptors (Lipinski definition) is 4. The highest BCUT2D eigenvalue weighted by molar-refractivity contribution is 9.10. The molecule has 5 heteroatoms. The van der Waals surface area contributed by atoms with Crippen LogP contribution in [0.15, 0.2) is 29.0 Å². The van der Waals surface area contributed by atoms with E-state index in [4.69, 9.17) is 0 Å². The molecule has 1 aromatic heterocycles. The van der Waals surface area contributed by atoms with E-state index in [1.54, 1.807) is 6.33 Å². The molecule has 2 aliphatic rings. The summed E-state index contributed by atoms with van der Waals surface area (Å²) in [5, 5.41) is 4.54. The largest absolute Gasteiger partial charge is 0.355 e. The molecule has 4 rings (SSSR count). The first-order chi connectivity index (χ1) is 9.26. The van der Waals surface area contributed by atoms with Gasteiger partial charge in [0.15, 0.2) is 0 Å². The third kappa shape index (κ3) is 1.83.